The van der Waals surface area contributed by atoms with Crippen molar-refractivity contribution in [2.75, 3.05) is 13.1 Å². The first-order valence-electron chi connectivity index (χ1n) is 22.0. The average Bonchev–Trinajstić information content (AvgIpc) is 3.15. The van der Waals surface area contributed by atoms with Crippen molar-refractivity contribution in [3.8, 4) is 0 Å². The Balaban J connectivity index is 4.73. The summed E-state index contributed by atoms with van der Waals surface area (Å²) in [5, 5.41) is 0. The van der Waals surface area contributed by atoms with Gasteiger partial charge in [0, 0.05) is 19.5 Å². The third-order valence-electron chi connectivity index (χ3n) is 10.3. The lowest BCUT2D eigenvalue weighted by molar-refractivity contribution is -0.147. The van der Waals surface area contributed by atoms with Crippen molar-refractivity contribution in [3.63, 3.8) is 0 Å². The maximum absolute atomic E-state index is 13.6. The number of rotatable bonds is 38. The Bertz CT molecular complexity index is 954. The van der Waals surface area contributed by atoms with Crippen molar-refractivity contribution in [1.29, 1.82) is 0 Å². The molecule has 0 saturated carbocycles. The molecule has 0 aromatic carbocycles. The van der Waals surface area contributed by atoms with Gasteiger partial charge in [-0.2, -0.15) is 0 Å². The number of allylic oxidation sites excluding steroid dienone is 2. The fourth-order valence-corrected chi connectivity index (χ4v) is 6.72. The molecule has 3 atom stereocenters. The SMILES string of the molecule is CCCCCCCC/C=C\CCCCCCCCN(C(=O)CCCCCCCCCCCCCCC)C(=O)[C@@H](N)C(N)C(=O)[C@@H](N)CCCN=C(N)N. The number of imide groups is 1. The van der Waals surface area contributed by atoms with Gasteiger partial charge in [-0.15, -0.1) is 0 Å². The molecule has 0 aliphatic heterocycles. The summed E-state index contributed by atoms with van der Waals surface area (Å²) in [5.74, 6) is -1.36. The molecule has 0 spiro atoms. The second-order valence-electron chi connectivity index (χ2n) is 15.3. The number of Topliss-reactive ketones (excluding diaryl/α,β-unsaturated/α-hetero) is 1. The molecule has 53 heavy (non-hydrogen) atoms. The van der Waals surface area contributed by atoms with Crippen molar-refractivity contribution in [2.24, 2.45) is 33.7 Å². The Morgan fingerprint density at radius 3 is 1.42 bits per heavy atom. The summed E-state index contributed by atoms with van der Waals surface area (Å²) in [7, 11) is 0. The molecule has 0 saturated heterocycles. The fraction of sp³-hybridized carbons (Fsp3) is 0.860. The van der Waals surface area contributed by atoms with Crippen molar-refractivity contribution < 1.29 is 14.4 Å². The number of hydrogen-bond donors (Lipinski definition) is 5. The molecule has 0 bridgehead atoms. The molecule has 0 radical (unpaired) electrons. The van der Waals surface area contributed by atoms with Crippen LogP contribution in [0.2, 0.25) is 0 Å². The number of guanidine groups is 1. The van der Waals surface area contributed by atoms with E-state index in [1.54, 1.807) is 0 Å². The van der Waals surface area contributed by atoms with Gasteiger partial charge >= 0.3 is 0 Å². The van der Waals surface area contributed by atoms with Gasteiger partial charge in [-0.05, 0) is 51.4 Å². The van der Waals surface area contributed by atoms with Crippen LogP contribution in [-0.2, 0) is 14.4 Å². The van der Waals surface area contributed by atoms with Crippen molar-refractivity contribution in [3.05, 3.63) is 12.2 Å². The van der Waals surface area contributed by atoms with Gasteiger partial charge in [0.25, 0.3) is 0 Å². The third kappa shape index (κ3) is 29.7. The zero-order chi connectivity index (χ0) is 39.4. The van der Waals surface area contributed by atoms with E-state index >= 15 is 0 Å². The van der Waals surface area contributed by atoms with Crippen LogP contribution in [0.1, 0.15) is 206 Å². The molecule has 0 aromatic heterocycles. The van der Waals surface area contributed by atoms with Gasteiger partial charge in [0.05, 0.1) is 12.1 Å². The van der Waals surface area contributed by atoms with Crippen molar-refractivity contribution in [2.45, 2.75) is 225 Å². The number of carbonyl (C=O) groups is 3. The predicted molar refractivity (Wildman–Crippen MR) is 225 cm³/mol. The first-order chi connectivity index (χ1) is 25.7. The van der Waals surface area contributed by atoms with E-state index in [-0.39, 0.29) is 24.8 Å². The predicted octanol–water partition coefficient (Wildman–Crippen LogP) is 8.47. The molecule has 310 valence electrons. The summed E-state index contributed by atoms with van der Waals surface area (Å²) in [6.45, 7) is 5.13. The second-order valence-corrected chi connectivity index (χ2v) is 15.3. The first-order valence-corrected chi connectivity index (χ1v) is 22.0. The van der Waals surface area contributed by atoms with Gasteiger partial charge in [0.1, 0.15) is 6.04 Å². The van der Waals surface area contributed by atoms with E-state index in [4.69, 9.17) is 28.7 Å². The van der Waals surface area contributed by atoms with Crippen LogP contribution in [0.25, 0.3) is 0 Å². The Labute approximate surface area is 325 Å². The second kappa shape index (κ2) is 36.7. The minimum atomic E-state index is -1.34. The molecule has 10 heteroatoms. The summed E-state index contributed by atoms with van der Waals surface area (Å²) >= 11 is 0. The van der Waals surface area contributed by atoms with Crippen molar-refractivity contribution in [1.82, 2.24) is 4.90 Å². The molecule has 0 rings (SSSR count). The van der Waals surface area contributed by atoms with Gasteiger partial charge < -0.3 is 28.7 Å². The van der Waals surface area contributed by atoms with Crippen LogP contribution in [-0.4, -0.2) is 59.7 Å². The number of amides is 2. The van der Waals surface area contributed by atoms with E-state index < -0.39 is 29.8 Å². The molecule has 1 unspecified atom stereocenters. The van der Waals surface area contributed by atoms with Gasteiger partial charge in [0.15, 0.2) is 11.7 Å². The van der Waals surface area contributed by atoms with Crippen molar-refractivity contribution >= 4 is 23.6 Å². The highest BCUT2D eigenvalue weighted by atomic mass is 16.2. The zero-order valence-electron chi connectivity index (χ0n) is 34.5. The molecule has 0 heterocycles. The van der Waals surface area contributed by atoms with Gasteiger partial charge in [-0.25, -0.2) is 0 Å². The summed E-state index contributed by atoms with van der Waals surface area (Å²) in [6.07, 6.45) is 38.1. The standard InChI is InChI=1S/C43H85N7O3/c1-3-5-7-9-11-13-15-17-18-19-21-23-25-27-29-31-36-50(38(51)34-30-28-26-24-22-20-16-14-12-10-8-6-4-2)42(53)40(46)39(45)41(52)37(44)33-32-35-49-43(47)48/h17-18,37,39-40H,3-16,19-36,44-46H2,1-2H3,(H4,47,48,49)/b18-17-/t37-,39?,40-/m0/s1. The molecule has 0 fully saturated rings. The smallest absolute Gasteiger partial charge is 0.248 e. The molecular formula is C43H85N7O3. The molecular weight excluding hydrogens is 663 g/mol. The Kier molecular flexibility index (Phi) is 35.1. The molecule has 2 amide bonds. The van der Waals surface area contributed by atoms with E-state index in [1.165, 1.54) is 127 Å². The maximum Gasteiger partial charge on any atom is 0.248 e. The van der Waals surface area contributed by atoms with Gasteiger partial charge in [-0.1, -0.05) is 161 Å². The number of aliphatic imine (C=N–C) groups is 1. The van der Waals surface area contributed by atoms with Crippen LogP contribution < -0.4 is 28.7 Å². The van der Waals surface area contributed by atoms with Crippen LogP contribution in [0, 0.1) is 0 Å². The zero-order valence-corrected chi connectivity index (χ0v) is 34.5. The van der Waals surface area contributed by atoms with Crippen LogP contribution >= 0.6 is 0 Å². The summed E-state index contributed by atoms with van der Waals surface area (Å²) < 4.78 is 0. The van der Waals surface area contributed by atoms with E-state index in [2.05, 4.69) is 31.0 Å². The summed E-state index contributed by atoms with van der Waals surface area (Å²) in [5.41, 5.74) is 29.2. The maximum atomic E-state index is 13.6. The third-order valence-corrected chi connectivity index (χ3v) is 10.3. The molecule has 0 aromatic rings. The number of nitrogens with two attached hydrogens (primary N) is 5. The monoisotopic (exact) mass is 748 g/mol. The minimum absolute atomic E-state index is 0.0282. The largest absolute Gasteiger partial charge is 0.370 e. The quantitative estimate of drug-likeness (QED) is 0.0179. The Morgan fingerprint density at radius 1 is 0.547 bits per heavy atom. The lowest BCUT2D eigenvalue weighted by Gasteiger charge is -2.27. The topological polar surface area (TPSA) is 197 Å². The molecule has 0 aliphatic carbocycles. The molecule has 10 N–H and O–H groups in total. The highest BCUT2D eigenvalue weighted by Crippen LogP contribution is 2.16. The summed E-state index contributed by atoms with van der Waals surface area (Å²) in [4.78, 5) is 45.1. The molecule has 10 nitrogen and oxygen atoms in total. The number of unbranched alkanes of at least 4 members (excludes halogenated alkanes) is 24. The normalized spacial score (nSPS) is 13.2. The number of hydrogen-bond acceptors (Lipinski definition) is 7. The van der Waals surface area contributed by atoms with Crippen LogP contribution in [0.3, 0.4) is 0 Å². The minimum Gasteiger partial charge on any atom is -0.370 e. The highest BCUT2D eigenvalue weighted by molar-refractivity contribution is 6.02. The van der Waals surface area contributed by atoms with Crippen LogP contribution in [0.4, 0.5) is 0 Å². The Morgan fingerprint density at radius 2 is 0.962 bits per heavy atom. The van der Waals surface area contributed by atoms with Crippen LogP contribution in [0.15, 0.2) is 17.1 Å². The lowest BCUT2D eigenvalue weighted by atomic mass is 9.96. The first kappa shape index (κ1) is 50.7. The summed E-state index contributed by atoms with van der Waals surface area (Å²) in [6, 6.07) is -3.54. The number of nitrogens with zero attached hydrogens (tertiary/aromatic N) is 2. The van der Waals surface area contributed by atoms with E-state index in [0.717, 1.165) is 44.9 Å². The van der Waals surface area contributed by atoms with Gasteiger partial charge in [-0.3, -0.25) is 24.3 Å². The lowest BCUT2D eigenvalue weighted by Crippen LogP contribution is -2.60. The molecule has 0 aliphatic rings. The van der Waals surface area contributed by atoms with E-state index in [1.807, 2.05) is 0 Å². The highest BCUT2D eigenvalue weighted by Gasteiger charge is 2.34. The van der Waals surface area contributed by atoms with Gasteiger partial charge in [0.2, 0.25) is 11.8 Å². The van der Waals surface area contributed by atoms with E-state index in [0.29, 0.717) is 25.8 Å². The Hall–Kier alpha value is -2.30. The fourth-order valence-electron chi connectivity index (χ4n) is 6.72. The van der Waals surface area contributed by atoms with Crippen LogP contribution in [0.5, 0.6) is 0 Å². The number of carbonyl (C=O) groups excluding carboxylic acids is 3. The average molecular weight is 748 g/mol. The van der Waals surface area contributed by atoms with E-state index in [9.17, 15) is 14.4 Å². The number of ketones is 1.